The van der Waals surface area contributed by atoms with Gasteiger partial charge in [0.2, 0.25) is 0 Å². The topological polar surface area (TPSA) is 29.1 Å². The van der Waals surface area contributed by atoms with E-state index in [-0.39, 0.29) is 11.4 Å². The van der Waals surface area contributed by atoms with Crippen LogP contribution in [0.5, 0.6) is 0 Å². The highest BCUT2D eigenvalue weighted by molar-refractivity contribution is 6.18. The predicted molar refractivity (Wildman–Crippen MR) is 63.2 cm³/mol. The molecule has 0 heterocycles. The molecule has 5 heteroatoms. The Bertz CT molecular complexity index is 419. The third-order valence-electron chi connectivity index (χ3n) is 2.69. The average Bonchev–Trinajstić information content (AvgIpc) is 2.32. The zero-order valence-corrected chi connectivity index (χ0v) is 10.4. The number of nitrogens with one attached hydrogen (secondary N) is 1. The zero-order valence-electron chi connectivity index (χ0n) is 9.69. The Kier molecular flexibility index (Phi) is 4.46. The Labute approximate surface area is 104 Å². The summed E-state index contributed by atoms with van der Waals surface area (Å²) in [5.41, 5.74) is -0.938. The SMILES string of the molecule is CCC(C)(CCl)NC(=O)c1cccc(F)c1F. The summed E-state index contributed by atoms with van der Waals surface area (Å²) < 4.78 is 26.3. The third-order valence-corrected chi connectivity index (χ3v) is 3.28. The fraction of sp³-hybridized carbons (Fsp3) is 0.417. The first-order valence-electron chi connectivity index (χ1n) is 5.26. The van der Waals surface area contributed by atoms with Gasteiger partial charge in [-0.3, -0.25) is 4.79 Å². The standard InChI is InChI=1S/C12H14ClF2NO/c1-3-12(2,7-13)16-11(17)8-5-4-6-9(14)10(8)15/h4-6H,3,7H2,1-2H3,(H,16,17). The molecule has 0 aliphatic heterocycles. The van der Waals surface area contributed by atoms with Gasteiger partial charge >= 0.3 is 0 Å². The van der Waals surface area contributed by atoms with Gasteiger partial charge in [0.15, 0.2) is 11.6 Å². The first kappa shape index (κ1) is 13.9. The Morgan fingerprint density at radius 3 is 2.65 bits per heavy atom. The van der Waals surface area contributed by atoms with Crippen LogP contribution in [0.4, 0.5) is 8.78 Å². The highest BCUT2D eigenvalue weighted by Crippen LogP contribution is 2.15. The molecule has 0 saturated heterocycles. The van der Waals surface area contributed by atoms with E-state index in [9.17, 15) is 13.6 Å². The number of carbonyl (C=O) groups excluding carboxylic acids is 1. The molecule has 0 saturated carbocycles. The normalized spacial score (nSPS) is 14.2. The number of halogens is 3. The van der Waals surface area contributed by atoms with Crippen LogP contribution in [0.2, 0.25) is 0 Å². The van der Waals surface area contributed by atoms with Gasteiger partial charge in [0, 0.05) is 5.88 Å². The number of carbonyl (C=O) groups is 1. The molecular formula is C12H14ClF2NO. The number of alkyl halides is 1. The lowest BCUT2D eigenvalue weighted by atomic mass is 10.0. The molecule has 0 aromatic heterocycles. The Balaban J connectivity index is 2.94. The molecule has 1 aromatic carbocycles. The largest absolute Gasteiger partial charge is 0.346 e. The van der Waals surface area contributed by atoms with Crippen LogP contribution in [-0.2, 0) is 0 Å². The molecular weight excluding hydrogens is 248 g/mol. The number of rotatable bonds is 4. The van der Waals surface area contributed by atoms with E-state index < -0.39 is 23.1 Å². The van der Waals surface area contributed by atoms with E-state index in [1.54, 1.807) is 6.92 Å². The van der Waals surface area contributed by atoms with E-state index in [4.69, 9.17) is 11.6 Å². The minimum absolute atomic E-state index is 0.201. The minimum atomic E-state index is -1.14. The summed E-state index contributed by atoms with van der Waals surface area (Å²) in [7, 11) is 0. The molecule has 17 heavy (non-hydrogen) atoms. The van der Waals surface area contributed by atoms with E-state index in [0.717, 1.165) is 6.07 Å². The first-order chi connectivity index (χ1) is 7.93. The summed E-state index contributed by atoms with van der Waals surface area (Å²) in [5, 5.41) is 2.60. The van der Waals surface area contributed by atoms with Gasteiger partial charge in [-0.15, -0.1) is 11.6 Å². The van der Waals surface area contributed by atoms with Gasteiger partial charge in [0.05, 0.1) is 11.1 Å². The summed E-state index contributed by atoms with van der Waals surface area (Å²) >= 11 is 5.73. The molecule has 1 rings (SSSR count). The van der Waals surface area contributed by atoms with E-state index in [0.29, 0.717) is 6.42 Å². The lowest BCUT2D eigenvalue weighted by Crippen LogP contribution is -2.47. The van der Waals surface area contributed by atoms with E-state index in [1.807, 2.05) is 6.92 Å². The molecule has 94 valence electrons. The maximum Gasteiger partial charge on any atom is 0.254 e. The maximum atomic E-state index is 13.4. The van der Waals surface area contributed by atoms with Crippen LogP contribution < -0.4 is 5.32 Å². The minimum Gasteiger partial charge on any atom is -0.346 e. The second-order valence-corrected chi connectivity index (χ2v) is 4.37. The number of benzene rings is 1. The van der Waals surface area contributed by atoms with Gasteiger partial charge in [-0.25, -0.2) is 8.78 Å². The van der Waals surface area contributed by atoms with Crippen molar-refractivity contribution >= 4 is 17.5 Å². The molecule has 1 unspecified atom stereocenters. The smallest absolute Gasteiger partial charge is 0.254 e. The molecule has 0 aliphatic rings. The molecule has 1 amide bonds. The Morgan fingerprint density at radius 1 is 1.47 bits per heavy atom. The maximum absolute atomic E-state index is 13.4. The summed E-state index contributed by atoms with van der Waals surface area (Å²) in [4.78, 5) is 11.8. The van der Waals surface area contributed by atoms with E-state index in [1.165, 1.54) is 12.1 Å². The Morgan fingerprint density at radius 2 is 2.12 bits per heavy atom. The van der Waals surface area contributed by atoms with Crippen molar-refractivity contribution in [2.45, 2.75) is 25.8 Å². The quantitative estimate of drug-likeness (QED) is 0.829. The van der Waals surface area contributed by atoms with Crippen LogP contribution in [0.15, 0.2) is 18.2 Å². The average molecular weight is 262 g/mol. The molecule has 0 spiro atoms. The number of hydrogen-bond acceptors (Lipinski definition) is 1. The van der Waals surface area contributed by atoms with Crippen molar-refractivity contribution in [2.24, 2.45) is 0 Å². The van der Waals surface area contributed by atoms with Crippen molar-refractivity contribution in [3.8, 4) is 0 Å². The molecule has 0 bridgehead atoms. The van der Waals surface area contributed by atoms with E-state index in [2.05, 4.69) is 5.32 Å². The van der Waals surface area contributed by atoms with Crippen LogP contribution in [-0.4, -0.2) is 17.3 Å². The van der Waals surface area contributed by atoms with E-state index >= 15 is 0 Å². The van der Waals surface area contributed by atoms with Gasteiger partial charge in [0.25, 0.3) is 5.91 Å². The predicted octanol–water partition coefficient (Wildman–Crippen LogP) is 3.10. The zero-order chi connectivity index (χ0) is 13.1. The van der Waals surface area contributed by atoms with Crippen molar-refractivity contribution in [1.82, 2.24) is 5.32 Å². The van der Waals surface area contributed by atoms with Gasteiger partial charge in [-0.2, -0.15) is 0 Å². The van der Waals surface area contributed by atoms with Gasteiger partial charge in [-0.1, -0.05) is 13.0 Å². The van der Waals surface area contributed by atoms with Crippen molar-refractivity contribution in [3.63, 3.8) is 0 Å². The molecule has 0 radical (unpaired) electrons. The summed E-state index contributed by atoms with van der Waals surface area (Å²) in [5.74, 6) is -2.64. The number of amides is 1. The molecule has 1 aromatic rings. The highest BCUT2D eigenvalue weighted by Gasteiger charge is 2.25. The lowest BCUT2D eigenvalue weighted by molar-refractivity contribution is 0.0907. The van der Waals surface area contributed by atoms with Crippen molar-refractivity contribution < 1.29 is 13.6 Å². The lowest BCUT2D eigenvalue weighted by Gasteiger charge is -2.27. The molecule has 1 N–H and O–H groups in total. The first-order valence-corrected chi connectivity index (χ1v) is 5.79. The Hall–Kier alpha value is -1.16. The van der Waals surface area contributed by atoms with Crippen LogP contribution >= 0.6 is 11.6 Å². The molecule has 2 nitrogen and oxygen atoms in total. The number of hydrogen-bond donors (Lipinski definition) is 1. The second-order valence-electron chi connectivity index (χ2n) is 4.10. The fourth-order valence-corrected chi connectivity index (χ4v) is 1.49. The fourth-order valence-electron chi connectivity index (χ4n) is 1.24. The van der Waals surface area contributed by atoms with Gasteiger partial charge in [-0.05, 0) is 25.5 Å². The van der Waals surface area contributed by atoms with Crippen LogP contribution in [0, 0.1) is 11.6 Å². The van der Waals surface area contributed by atoms with Crippen molar-refractivity contribution in [3.05, 3.63) is 35.4 Å². The van der Waals surface area contributed by atoms with Crippen LogP contribution in [0.25, 0.3) is 0 Å². The molecule has 0 fully saturated rings. The summed E-state index contributed by atoms with van der Waals surface area (Å²) in [6, 6.07) is 3.49. The van der Waals surface area contributed by atoms with Crippen molar-refractivity contribution in [2.75, 3.05) is 5.88 Å². The molecule has 0 aliphatic carbocycles. The second kappa shape index (κ2) is 5.45. The summed E-state index contributed by atoms with van der Waals surface area (Å²) in [6.45, 7) is 3.60. The third kappa shape index (κ3) is 3.16. The molecule has 1 atom stereocenters. The van der Waals surface area contributed by atoms with Gasteiger partial charge in [0.1, 0.15) is 0 Å². The van der Waals surface area contributed by atoms with Crippen LogP contribution in [0.1, 0.15) is 30.6 Å². The van der Waals surface area contributed by atoms with Gasteiger partial charge < -0.3 is 5.32 Å². The van der Waals surface area contributed by atoms with Crippen molar-refractivity contribution in [1.29, 1.82) is 0 Å². The summed E-state index contributed by atoms with van der Waals surface area (Å²) in [6.07, 6.45) is 0.596. The van der Waals surface area contributed by atoms with Crippen LogP contribution in [0.3, 0.4) is 0 Å². The highest BCUT2D eigenvalue weighted by atomic mass is 35.5. The monoisotopic (exact) mass is 261 g/mol.